The van der Waals surface area contributed by atoms with E-state index in [2.05, 4.69) is 63.7 Å². The molecule has 1 fully saturated rings. The molecule has 0 bridgehead atoms. The maximum atomic E-state index is 5.77. The summed E-state index contributed by atoms with van der Waals surface area (Å²) in [7, 11) is 1.73. The van der Waals surface area contributed by atoms with Crippen LogP contribution in [0.4, 0.5) is 0 Å². The van der Waals surface area contributed by atoms with Gasteiger partial charge in [-0.2, -0.15) is 0 Å². The minimum atomic E-state index is -0.0185. The number of hydrogen-bond acceptors (Lipinski definition) is 4. The second-order valence-electron chi connectivity index (χ2n) is 7.97. The van der Waals surface area contributed by atoms with Crippen molar-refractivity contribution < 1.29 is 4.74 Å². The fourth-order valence-corrected chi connectivity index (χ4v) is 4.82. The summed E-state index contributed by atoms with van der Waals surface area (Å²) >= 11 is 5.77. The standard InChI is InChI=1S/C24H29N5OS/c1-16-9-7-12-26-23(16)29-17(2)15-19(18(29)3)22-21(20-10-5-6-11-25-20)27-24(31)28(22)13-8-14-30-4/h5-7,9-12,15,21-22H,8,13-14H2,1-4H3,(H,27,31)/t21-,22+/m0/s1. The molecule has 3 aromatic rings. The molecule has 4 rings (SSSR count). The van der Waals surface area contributed by atoms with Crippen molar-refractivity contribution in [1.82, 2.24) is 24.8 Å². The van der Waals surface area contributed by atoms with Crippen LogP contribution in [0.1, 0.15) is 46.7 Å². The summed E-state index contributed by atoms with van der Waals surface area (Å²) in [5.74, 6) is 0.970. The Morgan fingerprint density at radius 3 is 2.61 bits per heavy atom. The first kappa shape index (κ1) is 21.5. The van der Waals surface area contributed by atoms with E-state index in [0.717, 1.165) is 40.8 Å². The first-order valence-corrected chi connectivity index (χ1v) is 11.0. The monoisotopic (exact) mass is 435 g/mol. The molecular formula is C24H29N5OS. The van der Waals surface area contributed by atoms with Crippen LogP contribution in [0.5, 0.6) is 0 Å². The predicted octanol–water partition coefficient (Wildman–Crippen LogP) is 4.20. The van der Waals surface area contributed by atoms with E-state index in [4.69, 9.17) is 17.0 Å². The lowest BCUT2D eigenvalue weighted by atomic mass is 9.96. The third-order valence-electron chi connectivity index (χ3n) is 5.93. The van der Waals surface area contributed by atoms with Crippen molar-refractivity contribution in [3.63, 3.8) is 0 Å². The van der Waals surface area contributed by atoms with Gasteiger partial charge in [-0.1, -0.05) is 12.1 Å². The number of aromatic nitrogens is 3. The average Bonchev–Trinajstić information content (AvgIpc) is 3.25. The molecule has 1 N–H and O–H groups in total. The lowest BCUT2D eigenvalue weighted by Gasteiger charge is -2.28. The van der Waals surface area contributed by atoms with Gasteiger partial charge in [0.15, 0.2) is 5.11 Å². The number of ether oxygens (including phenoxy) is 1. The highest BCUT2D eigenvalue weighted by atomic mass is 32.1. The van der Waals surface area contributed by atoms with E-state index in [1.807, 2.05) is 30.6 Å². The van der Waals surface area contributed by atoms with Gasteiger partial charge in [0.2, 0.25) is 0 Å². The Labute approximate surface area is 189 Å². The van der Waals surface area contributed by atoms with Crippen LogP contribution >= 0.6 is 12.2 Å². The first-order chi connectivity index (χ1) is 15.0. The van der Waals surface area contributed by atoms with Crippen molar-refractivity contribution >= 4 is 17.3 Å². The van der Waals surface area contributed by atoms with E-state index >= 15 is 0 Å². The number of nitrogens with one attached hydrogen (secondary N) is 1. The smallest absolute Gasteiger partial charge is 0.170 e. The van der Waals surface area contributed by atoms with Crippen molar-refractivity contribution in [3.05, 3.63) is 77.0 Å². The number of aryl methyl sites for hydroxylation is 2. The number of hydrogen-bond donors (Lipinski definition) is 1. The molecule has 31 heavy (non-hydrogen) atoms. The Kier molecular flexibility index (Phi) is 6.34. The first-order valence-electron chi connectivity index (χ1n) is 10.6. The van der Waals surface area contributed by atoms with Gasteiger partial charge in [-0.25, -0.2) is 4.98 Å². The number of methoxy groups -OCH3 is 1. The van der Waals surface area contributed by atoms with Gasteiger partial charge in [0, 0.05) is 44.0 Å². The highest BCUT2D eigenvalue weighted by molar-refractivity contribution is 7.80. The fourth-order valence-electron chi connectivity index (χ4n) is 4.49. The summed E-state index contributed by atoms with van der Waals surface area (Å²) in [6.07, 6.45) is 4.59. The summed E-state index contributed by atoms with van der Waals surface area (Å²) < 4.78 is 7.54. The Morgan fingerprint density at radius 2 is 1.90 bits per heavy atom. The lowest BCUT2D eigenvalue weighted by Crippen LogP contribution is -2.31. The lowest BCUT2D eigenvalue weighted by molar-refractivity contribution is 0.180. The summed E-state index contributed by atoms with van der Waals surface area (Å²) in [6, 6.07) is 12.4. The van der Waals surface area contributed by atoms with Crippen molar-refractivity contribution in [1.29, 1.82) is 0 Å². The molecule has 1 saturated heterocycles. The normalized spacial score (nSPS) is 18.5. The van der Waals surface area contributed by atoms with Crippen LogP contribution in [0.2, 0.25) is 0 Å². The van der Waals surface area contributed by atoms with E-state index in [-0.39, 0.29) is 12.1 Å². The van der Waals surface area contributed by atoms with Gasteiger partial charge >= 0.3 is 0 Å². The Balaban J connectivity index is 1.80. The highest BCUT2D eigenvalue weighted by Gasteiger charge is 2.41. The highest BCUT2D eigenvalue weighted by Crippen LogP contribution is 2.41. The maximum Gasteiger partial charge on any atom is 0.170 e. The van der Waals surface area contributed by atoms with E-state index in [1.165, 1.54) is 11.3 Å². The second-order valence-corrected chi connectivity index (χ2v) is 8.36. The van der Waals surface area contributed by atoms with Crippen LogP contribution in [-0.4, -0.2) is 44.8 Å². The van der Waals surface area contributed by atoms with Crippen LogP contribution < -0.4 is 5.32 Å². The molecule has 0 unspecified atom stereocenters. The zero-order valence-corrected chi connectivity index (χ0v) is 19.3. The molecule has 7 heteroatoms. The minimum absolute atomic E-state index is 0.0185. The number of nitrogens with zero attached hydrogens (tertiary/aromatic N) is 4. The zero-order chi connectivity index (χ0) is 22.0. The van der Waals surface area contributed by atoms with Crippen LogP contribution in [0.15, 0.2) is 48.8 Å². The summed E-state index contributed by atoms with van der Waals surface area (Å²) in [5.41, 5.74) is 5.71. The van der Waals surface area contributed by atoms with E-state index in [1.54, 1.807) is 7.11 Å². The van der Waals surface area contributed by atoms with Gasteiger partial charge in [-0.15, -0.1) is 0 Å². The fraction of sp³-hybridized carbons (Fsp3) is 0.375. The van der Waals surface area contributed by atoms with Gasteiger partial charge in [0.1, 0.15) is 5.82 Å². The zero-order valence-electron chi connectivity index (χ0n) is 18.5. The number of pyridine rings is 2. The second kappa shape index (κ2) is 9.16. The van der Waals surface area contributed by atoms with Gasteiger partial charge < -0.3 is 19.5 Å². The molecular weight excluding hydrogens is 406 g/mol. The molecule has 2 atom stereocenters. The Bertz CT molecular complexity index is 1070. The van der Waals surface area contributed by atoms with E-state index in [9.17, 15) is 0 Å². The average molecular weight is 436 g/mol. The largest absolute Gasteiger partial charge is 0.385 e. The van der Waals surface area contributed by atoms with Crippen molar-refractivity contribution in [2.45, 2.75) is 39.3 Å². The van der Waals surface area contributed by atoms with Crippen LogP contribution in [0.3, 0.4) is 0 Å². The third kappa shape index (κ3) is 4.07. The molecule has 4 heterocycles. The molecule has 0 amide bonds. The Hall–Kier alpha value is -2.77. The summed E-state index contributed by atoms with van der Waals surface area (Å²) in [4.78, 5) is 11.6. The van der Waals surface area contributed by atoms with Crippen molar-refractivity contribution in [2.24, 2.45) is 0 Å². The van der Waals surface area contributed by atoms with Crippen molar-refractivity contribution in [3.8, 4) is 5.82 Å². The molecule has 162 valence electrons. The number of rotatable bonds is 7. The van der Waals surface area contributed by atoms with E-state index in [0.29, 0.717) is 6.61 Å². The maximum absolute atomic E-state index is 5.77. The van der Waals surface area contributed by atoms with Crippen LogP contribution in [0, 0.1) is 20.8 Å². The molecule has 1 aliphatic rings. The van der Waals surface area contributed by atoms with Gasteiger partial charge in [0.05, 0.1) is 17.8 Å². The third-order valence-corrected chi connectivity index (χ3v) is 6.28. The van der Waals surface area contributed by atoms with Crippen LogP contribution in [-0.2, 0) is 4.74 Å². The molecule has 0 aromatic carbocycles. The predicted molar refractivity (Wildman–Crippen MR) is 126 cm³/mol. The van der Waals surface area contributed by atoms with Crippen LogP contribution in [0.25, 0.3) is 5.82 Å². The minimum Gasteiger partial charge on any atom is -0.385 e. The van der Waals surface area contributed by atoms with Crippen molar-refractivity contribution in [2.75, 3.05) is 20.3 Å². The molecule has 0 spiro atoms. The molecule has 6 nitrogen and oxygen atoms in total. The quantitative estimate of drug-likeness (QED) is 0.443. The molecule has 0 aliphatic carbocycles. The summed E-state index contributed by atoms with van der Waals surface area (Å²) in [6.45, 7) is 7.92. The SMILES string of the molecule is COCCCN1C(=S)N[C@@H](c2ccccn2)[C@H]1c1cc(C)n(-c2ncccc2C)c1C. The number of thiocarbonyl (C=S) groups is 1. The molecule has 1 aliphatic heterocycles. The van der Waals surface area contributed by atoms with Gasteiger partial charge in [-0.05, 0) is 74.8 Å². The molecule has 3 aromatic heterocycles. The topological polar surface area (TPSA) is 55.2 Å². The van der Waals surface area contributed by atoms with Gasteiger partial charge in [0.25, 0.3) is 0 Å². The Morgan fingerprint density at radius 1 is 1.10 bits per heavy atom. The summed E-state index contributed by atoms with van der Waals surface area (Å²) in [5, 5.41) is 4.29. The van der Waals surface area contributed by atoms with Gasteiger partial charge in [-0.3, -0.25) is 4.98 Å². The molecule has 0 saturated carbocycles. The van der Waals surface area contributed by atoms with E-state index < -0.39 is 0 Å². The molecule has 0 radical (unpaired) electrons.